The molecule has 0 amide bonds. The van der Waals surface area contributed by atoms with Crippen LogP contribution in [0.4, 0.5) is 22.0 Å². The van der Waals surface area contributed by atoms with Gasteiger partial charge in [0.2, 0.25) is 15.8 Å². The number of aromatic nitrogens is 3. The van der Waals surface area contributed by atoms with Crippen molar-refractivity contribution in [3.05, 3.63) is 41.2 Å². The summed E-state index contributed by atoms with van der Waals surface area (Å²) in [4.78, 5) is -1.91. The molecule has 13 heteroatoms. The fourth-order valence-corrected chi connectivity index (χ4v) is 4.71. The van der Waals surface area contributed by atoms with Crippen LogP contribution in [0.1, 0.15) is 18.3 Å². The molecule has 0 bridgehead atoms. The number of ether oxygens (including phenoxy) is 1. The van der Waals surface area contributed by atoms with Crippen molar-refractivity contribution < 1.29 is 35.1 Å². The van der Waals surface area contributed by atoms with Gasteiger partial charge in [-0.15, -0.1) is 10.2 Å². The molecule has 1 aliphatic rings. The monoisotopic (exact) mass is 412 g/mol. The summed E-state index contributed by atoms with van der Waals surface area (Å²) in [5.74, 6) is -11.9. The number of aryl methyl sites for hydroxylation is 1. The molecule has 0 saturated carbocycles. The van der Waals surface area contributed by atoms with Gasteiger partial charge in [-0.25, -0.2) is 30.4 Å². The zero-order valence-corrected chi connectivity index (χ0v) is 14.8. The van der Waals surface area contributed by atoms with Gasteiger partial charge in [0.25, 0.3) is 0 Å². The Balaban J connectivity index is 2.18. The SMILES string of the molecule is CO[C@@H]1C[C@@H](c2nncn2C)N(S(=O)(=O)c2c(F)c(F)c(F)c(F)c2F)C1. The molecule has 2 atom stereocenters. The standard InChI is InChI=1S/C14H13F5N4O3S/c1-22-5-20-21-14(22)7-3-6(26-2)4-23(7)27(24,25)13-11(18)9(16)8(15)10(17)12(13)19/h5-7H,3-4H2,1-2H3/t6-,7+/m1/s1. The highest BCUT2D eigenvalue weighted by atomic mass is 32.2. The molecule has 2 heterocycles. The van der Waals surface area contributed by atoms with Gasteiger partial charge in [0.05, 0.1) is 12.1 Å². The van der Waals surface area contributed by atoms with Crippen molar-refractivity contribution >= 4 is 10.0 Å². The van der Waals surface area contributed by atoms with E-state index >= 15 is 0 Å². The summed E-state index contributed by atoms with van der Waals surface area (Å²) in [5, 5.41) is 7.39. The minimum Gasteiger partial charge on any atom is -0.380 e. The van der Waals surface area contributed by atoms with E-state index in [1.54, 1.807) is 0 Å². The topological polar surface area (TPSA) is 77.3 Å². The van der Waals surface area contributed by atoms with E-state index in [1.807, 2.05) is 0 Å². The molecule has 148 valence electrons. The molecule has 27 heavy (non-hydrogen) atoms. The lowest BCUT2D eigenvalue weighted by Gasteiger charge is -2.23. The van der Waals surface area contributed by atoms with Crippen molar-refractivity contribution in [2.75, 3.05) is 13.7 Å². The number of hydrogen-bond donors (Lipinski definition) is 0. The Labute approximate surface area is 150 Å². The minimum absolute atomic E-state index is 0.0532. The molecule has 1 aromatic carbocycles. The van der Waals surface area contributed by atoms with Crippen molar-refractivity contribution in [2.24, 2.45) is 7.05 Å². The van der Waals surface area contributed by atoms with Gasteiger partial charge in [-0.1, -0.05) is 0 Å². The first-order valence-electron chi connectivity index (χ1n) is 7.51. The summed E-state index contributed by atoms with van der Waals surface area (Å²) in [6, 6.07) is -1.07. The van der Waals surface area contributed by atoms with Gasteiger partial charge in [-0.05, 0) is 6.42 Å². The first-order chi connectivity index (χ1) is 12.6. The Bertz CT molecular complexity index is 968. The van der Waals surface area contributed by atoms with Crippen LogP contribution in [0.2, 0.25) is 0 Å². The maximum Gasteiger partial charge on any atom is 0.249 e. The van der Waals surface area contributed by atoms with Gasteiger partial charge in [0.1, 0.15) is 6.33 Å². The van der Waals surface area contributed by atoms with Gasteiger partial charge in [-0.3, -0.25) is 0 Å². The molecule has 3 rings (SSSR count). The average molecular weight is 412 g/mol. The largest absolute Gasteiger partial charge is 0.380 e. The fourth-order valence-electron chi connectivity index (χ4n) is 2.96. The molecular weight excluding hydrogens is 399 g/mol. The summed E-state index contributed by atoms with van der Waals surface area (Å²) < 4.78 is 101. The van der Waals surface area contributed by atoms with Gasteiger partial charge >= 0.3 is 0 Å². The first-order valence-corrected chi connectivity index (χ1v) is 8.95. The van der Waals surface area contributed by atoms with Crippen molar-refractivity contribution in [1.29, 1.82) is 0 Å². The predicted molar refractivity (Wildman–Crippen MR) is 79.3 cm³/mol. The van der Waals surface area contributed by atoms with E-state index in [2.05, 4.69) is 10.2 Å². The molecule has 1 aromatic heterocycles. The highest BCUT2D eigenvalue weighted by molar-refractivity contribution is 7.89. The first kappa shape index (κ1) is 19.6. The number of benzene rings is 1. The lowest BCUT2D eigenvalue weighted by molar-refractivity contribution is 0.114. The third-order valence-electron chi connectivity index (χ3n) is 4.33. The smallest absolute Gasteiger partial charge is 0.249 e. The summed E-state index contributed by atoms with van der Waals surface area (Å²) in [7, 11) is -2.31. The summed E-state index contributed by atoms with van der Waals surface area (Å²) in [6.45, 7) is -0.365. The van der Waals surface area contributed by atoms with Crippen LogP contribution in [-0.4, -0.2) is 47.2 Å². The molecule has 1 fully saturated rings. The number of methoxy groups -OCH3 is 1. The van der Waals surface area contributed by atoms with Crippen LogP contribution >= 0.6 is 0 Å². The van der Waals surface area contributed by atoms with E-state index in [1.165, 1.54) is 25.1 Å². The van der Waals surface area contributed by atoms with Crippen LogP contribution in [-0.2, 0) is 21.8 Å². The average Bonchev–Trinajstić information content (AvgIpc) is 3.24. The highest BCUT2D eigenvalue weighted by Crippen LogP contribution is 2.39. The normalized spacial score (nSPS) is 21.1. The summed E-state index contributed by atoms with van der Waals surface area (Å²) in [5.41, 5.74) is 0. The zero-order valence-electron chi connectivity index (χ0n) is 14.0. The second-order valence-electron chi connectivity index (χ2n) is 5.88. The second kappa shape index (κ2) is 6.80. The molecule has 0 N–H and O–H groups in total. The van der Waals surface area contributed by atoms with Crippen LogP contribution in [0.25, 0.3) is 0 Å². The number of sulfonamides is 1. The van der Waals surface area contributed by atoms with E-state index in [0.717, 1.165) is 0 Å². The van der Waals surface area contributed by atoms with Crippen molar-refractivity contribution in [1.82, 2.24) is 19.1 Å². The van der Waals surface area contributed by atoms with Crippen LogP contribution in [0.3, 0.4) is 0 Å². The van der Waals surface area contributed by atoms with Crippen molar-refractivity contribution in [3.63, 3.8) is 0 Å². The van der Waals surface area contributed by atoms with E-state index in [4.69, 9.17) is 4.74 Å². The van der Waals surface area contributed by atoms with E-state index < -0.39 is 56.2 Å². The zero-order chi connectivity index (χ0) is 20.1. The predicted octanol–water partition coefficient (Wildman–Crippen LogP) is 1.66. The summed E-state index contributed by atoms with van der Waals surface area (Å²) >= 11 is 0. The van der Waals surface area contributed by atoms with Crippen molar-refractivity contribution in [2.45, 2.75) is 23.5 Å². The molecule has 0 aliphatic carbocycles. The van der Waals surface area contributed by atoms with Gasteiger partial charge in [0.15, 0.2) is 34.0 Å². The molecular formula is C14H13F5N4O3S. The Kier molecular flexibility index (Phi) is 4.94. The molecule has 0 spiro atoms. The van der Waals surface area contributed by atoms with Crippen LogP contribution in [0, 0.1) is 29.1 Å². The lowest BCUT2D eigenvalue weighted by atomic mass is 10.2. The maximum atomic E-state index is 14.1. The van der Waals surface area contributed by atoms with Gasteiger partial charge < -0.3 is 9.30 Å². The Morgan fingerprint density at radius 1 is 1.07 bits per heavy atom. The second-order valence-corrected chi connectivity index (χ2v) is 7.71. The third-order valence-corrected chi connectivity index (χ3v) is 6.23. The van der Waals surface area contributed by atoms with Gasteiger partial charge in [0, 0.05) is 20.7 Å². The highest BCUT2D eigenvalue weighted by Gasteiger charge is 2.46. The molecule has 0 radical (unpaired) electrons. The molecule has 7 nitrogen and oxygen atoms in total. The third kappa shape index (κ3) is 2.99. The van der Waals surface area contributed by atoms with Crippen LogP contribution < -0.4 is 0 Å². The number of hydrogen-bond acceptors (Lipinski definition) is 5. The Morgan fingerprint density at radius 3 is 2.11 bits per heavy atom. The number of rotatable bonds is 4. The number of nitrogens with zero attached hydrogens (tertiary/aromatic N) is 4. The summed E-state index contributed by atoms with van der Waals surface area (Å²) in [6.07, 6.45) is 0.652. The van der Waals surface area contributed by atoms with E-state index in [0.29, 0.717) is 4.31 Å². The Hall–Kier alpha value is -2.12. The van der Waals surface area contributed by atoms with E-state index in [-0.39, 0.29) is 18.8 Å². The lowest BCUT2D eigenvalue weighted by Crippen LogP contribution is -2.34. The molecule has 1 saturated heterocycles. The quantitative estimate of drug-likeness (QED) is 0.434. The van der Waals surface area contributed by atoms with Crippen LogP contribution in [0.15, 0.2) is 11.2 Å². The van der Waals surface area contributed by atoms with E-state index in [9.17, 15) is 30.4 Å². The fraction of sp³-hybridized carbons (Fsp3) is 0.429. The van der Waals surface area contributed by atoms with Crippen molar-refractivity contribution in [3.8, 4) is 0 Å². The van der Waals surface area contributed by atoms with Gasteiger partial charge in [-0.2, -0.15) is 4.31 Å². The molecule has 1 aliphatic heterocycles. The molecule has 0 unspecified atom stereocenters. The number of halogens is 5. The Morgan fingerprint density at radius 2 is 1.63 bits per heavy atom. The van der Waals surface area contributed by atoms with Crippen LogP contribution in [0.5, 0.6) is 0 Å². The molecule has 2 aromatic rings. The maximum absolute atomic E-state index is 14.1. The minimum atomic E-state index is -5.12.